The van der Waals surface area contributed by atoms with E-state index in [1.165, 1.54) is 40.9 Å². The molecule has 3 rings (SSSR count). The van der Waals surface area contributed by atoms with Gasteiger partial charge in [0.15, 0.2) is 5.17 Å². The van der Waals surface area contributed by atoms with Crippen LogP contribution in [0.25, 0.3) is 0 Å². The summed E-state index contributed by atoms with van der Waals surface area (Å²) in [6.07, 6.45) is 0.0995. The molecular formula is C18H16FN3O2S. The molecule has 2 aromatic rings. The first kappa shape index (κ1) is 17.2. The van der Waals surface area contributed by atoms with Gasteiger partial charge in [0.05, 0.1) is 5.69 Å². The van der Waals surface area contributed by atoms with Crippen molar-refractivity contribution in [2.24, 2.45) is 4.99 Å². The van der Waals surface area contributed by atoms with Crippen LogP contribution in [-0.2, 0) is 9.59 Å². The van der Waals surface area contributed by atoms with Crippen molar-refractivity contribution in [3.05, 3.63) is 60.4 Å². The molecule has 7 heteroatoms. The number of nitrogens with one attached hydrogen (secondary N) is 1. The molecule has 1 N–H and O–H groups in total. The number of amidine groups is 1. The molecule has 0 aromatic heterocycles. The Morgan fingerprint density at radius 1 is 1.20 bits per heavy atom. The number of halogens is 1. The minimum Gasteiger partial charge on any atom is -0.325 e. The van der Waals surface area contributed by atoms with E-state index in [9.17, 15) is 14.0 Å². The summed E-state index contributed by atoms with van der Waals surface area (Å²) >= 11 is 1.22. The van der Waals surface area contributed by atoms with Gasteiger partial charge in [0.2, 0.25) is 11.8 Å². The molecule has 2 aromatic carbocycles. The molecule has 2 amide bonds. The van der Waals surface area contributed by atoms with E-state index in [0.717, 1.165) is 0 Å². The number of carbonyl (C=O) groups is 2. The normalized spacial score (nSPS) is 19.1. The summed E-state index contributed by atoms with van der Waals surface area (Å²) in [4.78, 5) is 30.4. The first-order valence-electron chi connectivity index (χ1n) is 7.66. The largest absolute Gasteiger partial charge is 0.325 e. The Kier molecular flexibility index (Phi) is 5.14. The molecule has 0 bridgehead atoms. The maximum Gasteiger partial charge on any atom is 0.238 e. The molecule has 1 fully saturated rings. The van der Waals surface area contributed by atoms with Crippen LogP contribution in [0.4, 0.5) is 15.8 Å². The predicted molar refractivity (Wildman–Crippen MR) is 97.3 cm³/mol. The lowest BCUT2D eigenvalue weighted by Gasteiger charge is -2.28. The minimum atomic E-state index is -0.567. The molecule has 0 aliphatic carbocycles. The number of nitrogens with zero attached hydrogens (tertiary/aromatic N) is 2. The topological polar surface area (TPSA) is 61.8 Å². The highest BCUT2D eigenvalue weighted by molar-refractivity contribution is 8.15. The van der Waals surface area contributed by atoms with E-state index in [1.807, 2.05) is 18.2 Å². The lowest BCUT2D eigenvalue weighted by molar-refractivity contribution is -0.128. The third-order valence-corrected chi connectivity index (χ3v) is 4.90. The fraction of sp³-hybridized carbons (Fsp3) is 0.167. The smallest absolute Gasteiger partial charge is 0.238 e. The Morgan fingerprint density at radius 3 is 2.56 bits per heavy atom. The molecule has 1 aliphatic rings. The molecule has 1 aliphatic heterocycles. The molecule has 0 spiro atoms. The number of carbonyl (C=O) groups excluding carboxylic acids is 2. The van der Waals surface area contributed by atoms with E-state index in [1.54, 1.807) is 19.2 Å². The molecule has 1 saturated heterocycles. The van der Waals surface area contributed by atoms with Crippen LogP contribution in [0, 0.1) is 5.82 Å². The molecule has 0 saturated carbocycles. The van der Waals surface area contributed by atoms with Gasteiger partial charge >= 0.3 is 0 Å². The van der Waals surface area contributed by atoms with Crippen molar-refractivity contribution in [2.45, 2.75) is 11.7 Å². The summed E-state index contributed by atoms with van der Waals surface area (Å²) in [6.45, 7) is 0. The molecular weight excluding hydrogens is 341 g/mol. The van der Waals surface area contributed by atoms with Gasteiger partial charge in [-0.2, -0.15) is 0 Å². The second-order valence-electron chi connectivity index (χ2n) is 5.49. The molecule has 5 nitrogen and oxygen atoms in total. The summed E-state index contributed by atoms with van der Waals surface area (Å²) in [6, 6.07) is 14.7. The van der Waals surface area contributed by atoms with Crippen molar-refractivity contribution in [3.63, 3.8) is 0 Å². The van der Waals surface area contributed by atoms with Crippen molar-refractivity contribution in [1.82, 2.24) is 4.90 Å². The summed E-state index contributed by atoms with van der Waals surface area (Å²) < 4.78 is 13.0. The quantitative estimate of drug-likeness (QED) is 0.916. The zero-order valence-electron chi connectivity index (χ0n) is 13.5. The van der Waals surface area contributed by atoms with Gasteiger partial charge in [0.1, 0.15) is 11.1 Å². The predicted octanol–water partition coefficient (Wildman–Crippen LogP) is 3.42. The minimum absolute atomic E-state index is 0.0995. The third kappa shape index (κ3) is 4.24. The van der Waals surface area contributed by atoms with Crippen LogP contribution in [0.1, 0.15) is 6.42 Å². The van der Waals surface area contributed by atoms with Gasteiger partial charge in [-0.05, 0) is 36.4 Å². The molecule has 1 heterocycles. The monoisotopic (exact) mass is 357 g/mol. The second-order valence-corrected chi connectivity index (χ2v) is 6.66. The lowest BCUT2D eigenvalue weighted by Crippen LogP contribution is -2.43. The number of rotatable bonds is 3. The van der Waals surface area contributed by atoms with Crippen molar-refractivity contribution >= 4 is 40.1 Å². The fourth-order valence-electron chi connectivity index (χ4n) is 2.27. The zero-order valence-corrected chi connectivity index (χ0v) is 14.3. The number of anilines is 1. The highest BCUT2D eigenvalue weighted by atomic mass is 32.2. The fourth-order valence-corrected chi connectivity index (χ4v) is 3.33. The van der Waals surface area contributed by atoms with Gasteiger partial charge in [-0.15, -0.1) is 0 Å². The number of benzene rings is 2. The first-order chi connectivity index (χ1) is 12.0. The van der Waals surface area contributed by atoms with E-state index < -0.39 is 5.25 Å². The van der Waals surface area contributed by atoms with Crippen molar-refractivity contribution < 1.29 is 14.0 Å². The number of para-hydroxylation sites is 1. The van der Waals surface area contributed by atoms with E-state index in [0.29, 0.717) is 16.5 Å². The summed E-state index contributed by atoms with van der Waals surface area (Å²) in [5, 5.41) is 2.65. The average molecular weight is 357 g/mol. The Morgan fingerprint density at radius 2 is 1.88 bits per heavy atom. The van der Waals surface area contributed by atoms with Gasteiger partial charge in [0, 0.05) is 19.2 Å². The van der Waals surface area contributed by atoms with E-state index in [-0.39, 0.29) is 24.1 Å². The van der Waals surface area contributed by atoms with Gasteiger partial charge in [-0.25, -0.2) is 9.38 Å². The maximum atomic E-state index is 13.0. The number of hydrogen-bond donors (Lipinski definition) is 1. The van der Waals surface area contributed by atoms with Crippen LogP contribution in [-0.4, -0.2) is 34.2 Å². The van der Waals surface area contributed by atoms with Crippen molar-refractivity contribution in [1.29, 1.82) is 0 Å². The molecule has 25 heavy (non-hydrogen) atoms. The number of amides is 2. The summed E-state index contributed by atoms with van der Waals surface area (Å²) in [5.74, 6) is -0.790. The summed E-state index contributed by atoms with van der Waals surface area (Å²) in [7, 11) is 1.61. The number of thioether (sulfide) groups is 1. The van der Waals surface area contributed by atoms with Crippen LogP contribution < -0.4 is 5.32 Å². The second kappa shape index (κ2) is 7.48. The van der Waals surface area contributed by atoms with Crippen molar-refractivity contribution in [2.75, 3.05) is 12.4 Å². The third-order valence-electron chi connectivity index (χ3n) is 3.65. The lowest BCUT2D eigenvalue weighted by atomic mass is 10.2. The Bertz CT molecular complexity index is 809. The molecule has 128 valence electrons. The highest BCUT2D eigenvalue weighted by Crippen LogP contribution is 2.29. The average Bonchev–Trinajstić information content (AvgIpc) is 2.61. The van der Waals surface area contributed by atoms with Crippen LogP contribution in [0.2, 0.25) is 0 Å². The van der Waals surface area contributed by atoms with Crippen LogP contribution in [0.5, 0.6) is 0 Å². The first-order valence-corrected chi connectivity index (χ1v) is 8.54. The standard InChI is InChI=1S/C18H16FN3O2S/c1-22-16(23)11-15(17(24)20-13-5-3-2-4-6-13)25-18(22)21-14-9-7-12(19)8-10-14/h2-10,15H,11H2,1H3,(H,20,24). The number of hydrogen-bond acceptors (Lipinski definition) is 4. The summed E-state index contributed by atoms with van der Waals surface area (Å²) in [5.41, 5.74) is 1.20. The van der Waals surface area contributed by atoms with Gasteiger partial charge in [-0.1, -0.05) is 30.0 Å². The van der Waals surface area contributed by atoms with Crippen molar-refractivity contribution in [3.8, 4) is 0 Å². The van der Waals surface area contributed by atoms with Gasteiger partial charge < -0.3 is 5.32 Å². The van der Waals surface area contributed by atoms with E-state index in [2.05, 4.69) is 10.3 Å². The van der Waals surface area contributed by atoms with Gasteiger partial charge in [-0.3, -0.25) is 14.5 Å². The van der Waals surface area contributed by atoms with E-state index >= 15 is 0 Å². The van der Waals surface area contributed by atoms with Crippen LogP contribution >= 0.6 is 11.8 Å². The maximum absolute atomic E-state index is 13.0. The highest BCUT2D eigenvalue weighted by Gasteiger charge is 2.34. The Balaban J connectivity index is 1.77. The van der Waals surface area contributed by atoms with Crippen LogP contribution in [0.15, 0.2) is 59.6 Å². The van der Waals surface area contributed by atoms with Gasteiger partial charge in [0.25, 0.3) is 0 Å². The zero-order chi connectivity index (χ0) is 17.8. The van der Waals surface area contributed by atoms with E-state index in [4.69, 9.17) is 0 Å². The van der Waals surface area contributed by atoms with Crippen LogP contribution in [0.3, 0.4) is 0 Å². The molecule has 0 radical (unpaired) electrons. The Labute approximate surface area is 148 Å². The number of aliphatic imine (C=N–C) groups is 1. The SMILES string of the molecule is CN1C(=O)CC(C(=O)Nc2ccccc2)SC1=Nc1ccc(F)cc1. The molecule has 1 unspecified atom stereocenters. The Hall–Kier alpha value is -2.67. The molecule has 1 atom stereocenters.